The van der Waals surface area contributed by atoms with Crippen molar-refractivity contribution >= 4 is 68.4 Å². The van der Waals surface area contributed by atoms with Crippen molar-refractivity contribution in [3.05, 3.63) is 68.7 Å². The van der Waals surface area contributed by atoms with Crippen LogP contribution in [0.2, 0.25) is 5.02 Å². The Labute approximate surface area is 357 Å². The number of hydrogen-bond acceptors (Lipinski definition) is 11. The summed E-state index contributed by atoms with van der Waals surface area (Å²) in [6.45, 7) is 2.83. The van der Waals surface area contributed by atoms with Gasteiger partial charge in [0.15, 0.2) is 18.2 Å². The molecule has 3 aromatic heterocycles. The fourth-order valence-electron chi connectivity index (χ4n) is 9.85. The van der Waals surface area contributed by atoms with E-state index in [1.807, 2.05) is 0 Å². The second-order valence-corrected chi connectivity index (χ2v) is 17.8. The predicted molar refractivity (Wildman–Crippen MR) is 225 cm³/mol. The molecule has 10 rings (SSSR count). The number of likely N-dealkylation sites (tertiary alicyclic amines) is 1. The number of rotatable bonds is 8. The van der Waals surface area contributed by atoms with Crippen LogP contribution in [-0.4, -0.2) is 92.7 Å². The number of imide groups is 1. The summed E-state index contributed by atoms with van der Waals surface area (Å²) < 4.78 is 68.8. The highest BCUT2D eigenvalue weighted by Crippen LogP contribution is 2.46. The summed E-state index contributed by atoms with van der Waals surface area (Å²) in [5.74, 6) is -5.44. The van der Waals surface area contributed by atoms with Crippen molar-refractivity contribution in [2.75, 3.05) is 54.9 Å². The van der Waals surface area contributed by atoms with Crippen LogP contribution in [0.3, 0.4) is 0 Å². The van der Waals surface area contributed by atoms with E-state index in [2.05, 4.69) is 40.8 Å². The van der Waals surface area contributed by atoms with Gasteiger partial charge in [-0.1, -0.05) is 11.6 Å². The average Bonchev–Trinajstić information content (AvgIpc) is 4.04. The van der Waals surface area contributed by atoms with Crippen LogP contribution in [0.1, 0.15) is 74.5 Å². The van der Waals surface area contributed by atoms with E-state index in [1.165, 1.54) is 10.7 Å². The minimum atomic E-state index is -3.15. The SMILES string of the molecule is Cn1nc(C2CCC(=O)NC2=O)c2cc(F)c(C3CCN(CC4CCN(c5ncc(Cl)c(Nc6ccc7[nH]c(=O)c8c(c7c6)N[C@@H](C6CC6)C(F)(F)CO8)n5)CC4)CC3)c(F)c21. The topological polar surface area (TPSA) is 162 Å². The quantitative estimate of drug-likeness (QED) is 0.0969. The summed E-state index contributed by atoms with van der Waals surface area (Å²) in [7, 11) is 1.59. The molecule has 3 saturated heterocycles. The van der Waals surface area contributed by atoms with E-state index < -0.39 is 47.6 Å². The van der Waals surface area contributed by atoms with E-state index >= 15 is 17.6 Å². The van der Waals surface area contributed by atoms with Gasteiger partial charge in [-0.25, -0.2) is 22.5 Å². The van der Waals surface area contributed by atoms with Gasteiger partial charge in [0, 0.05) is 55.1 Å². The number of anilines is 4. The van der Waals surface area contributed by atoms with Crippen LogP contribution in [0.15, 0.2) is 35.3 Å². The fourth-order valence-corrected chi connectivity index (χ4v) is 9.99. The van der Waals surface area contributed by atoms with Gasteiger partial charge in [-0.2, -0.15) is 10.1 Å². The first-order valence-corrected chi connectivity index (χ1v) is 21.6. The molecule has 1 saturated carbocycles. The molecule has 5 aliphatic rings. The number of fused-ring (bicyclic) bond motifs is 4. The number of halogens is 5. The van der Waals surface area contributed by atoms with E-state index in [4.69, 9.17) is 21.3 Å². The van der Waals surface area contributed by atoms with Crippen molar-refractivity contribution in [2.24, 2.45) is 18.9 Å². The van der Waals surface area contributed by atoms with Gasteiger partial charge in [0.1, 0.15) is 16.4 Å². The molecule has 19 heteroatoms. The third-order valence-electron chi connectivity index (χ3n) is 13.3. The van der Waals surface area contributed by atoms with Gasteiger partial charge in [0.05, 0.1) is 35.1 Å². The standard InChI is InChI=1S/C43H45ClF4N10O4/c1-56-36-27(34(55-56)25-5-7-31(59)52-40(25)60)17-29(45)32(33(36)46)22-10-12-57(13-11-22)19-21-8-14-58(15-9-21)42-49-18-28(44)39(54-42)50-24-4-6-30-26(16-24)35-37(41(61)51-30)62-20-43(47,48)38(53-35)23-2-3-23/h4,6,16-18,21-23,25,38,53H,2-3,5,7-15,19-20H2,1H3,(H,51,61)(H,49,50,54)(H,52,59,60)/t25?,38-/m0/s1. The lowest BCUT2D eigenvalue weighted by Gasteiger charge is -2.38. The van der Waals surface area contributed by atoms with Gasteiger partial charge in [0.25, 0.3) is 5.56 Å². The number of hydrogen-bond donors (Lipinski definition) is 4. The molecule has 1 unspecified atom stereocenters. The fraction of sp³-hybridized carbons (Fsp3) is 0.488. The zero-order valence-electron chi connectivity index (χ0n) is 33.9. The van der Waals surface area contributed by atoms with Crippen LogP contribution in [0.4, 0.5) is 40.7 Å². The Morgan fingerprint density at radius 2 is 1.76 bits per heavy atom. The Morgan fingerprint density at radius 1 is 0.984 bits per heavy atom. The van der Waals surface area contributed by atoms with Crippen molar-refractivity contribution in [1.29, 1.82) is 0 Å². The van der Waals surface area contributed by atoms with Crippen molar-refractivity contribution in [3.63, 3.8) is 0 Å². The number of amides is 2. The molecule has 0 spiro atoms. The number of carbonyl (C=O) groups is 2. The number of carbonyl (C=O) groups excluding carboxylic acids is 2. The first kappa shape index (κ1) is 40.6. The number of ether oxygens (including phenoxy) is 1. The van der Waals surface area contributed by atoms with E-state index in [-0.39, 0.29) is 64.2 Å². The third kappa shape index (κ3) is 7.47. The van der Waals surface area contributed by atoms with E-state index in [1.54, 1.807) is 31.4 Å². The van der Waals surface area contributed by atoms with Crippen LogP contribution in [0.25, 0.3) is 21.8 Å². The van der Waals surface area contributed by atoms with Crippen LogP contribution >= 0.6 is 11.6 Å². The summed E-state index contributed by atoms with van der Waals surface area (Å²) in [6, 6.07) is 5.33. The molecule has 326 valence electrons. The molecule has 2 amide bonds. The first-order valence-electron chi connectivity index (χ1n) is 21.2. The number of aromatic amines is 1. The van der Waals surface area contributed by atoms with Crippen LogP contribution in [0.5, 0.6) is 5.75 Å². The van der Waals surface area contributed by atoms with Crippen LogP contribution < -0.4 is 31.1 Å². The molecular weight excluding hydrogens is 832 g/mol. The molecule has 7 heterocycles. The number of nitrogens with one attached hydrogen (secondary N) is 4. The normalized spacial score (nSPS) is 22.6. The molecular formula is C43H45ClF4N10O4. The van der Waals surface area contributed by atoms with Gasteiger partial charge in [-0.3, -0.25) is 24.4 Å². The van der Waals surface area contributed by atoms with Crippen LogP contribution in [-0.2, 0) is 16.6 Å². The molecule has 1 aliphatic carbocycles. The predicted octanol–water partition coefficient (Wildman–Crippen LogP) is 6.71. The number of aryl methyl sites for hydroxylation is 1. The van der Waals surface area contributed by atoms with Gasteiger partial charge in [-0.15, -0.1) is 0 Å². The molecule has 0 bridgehead atoms. The molecule has 5 aromatic rings. The number of piperidine rings is 3. The van der Waals surface area contributed by atoms with Gasteiger partial charge < -0.3 is 30.2 Å². The summed E-state index contributed by atoms with van der Waals surface area (Å²) in [5.41, 5.74) is 1.19. The molecule has 4 fully saturated rings. The Kier molecular flexibility index (Phi) is 10.3. The number of nitrogens with zero attached hydrogens (tertiary/aromatic N) is 6. The minimum Gasteiger partial charge on any atom is -0.480 e. The highest BCUT2D eigenvalue weighted by Gasteiger charge is 2.51. The molecule has 2 atom stereocenters. The number of alkyl halides is 2. The minimum absolute atomic E-state index is 0.0624. The molecule has 14 nitrogen and oxygen atoms in total. The van der Waals surface area contributed by atoms with E-state index in [0.717, 1.165) is 32.5 Å². The van der Waals surface area contributed by atoms with Crippen molar-refractivity contribution < 1.29 is 31.9 Å². The van der Waals surface area contributed by atoms with Crippen molar-refractivity contribution in [3.8, 4) is 5.75 Å². The summed E-state index contributed by atoms with van der Waals surface area (Å²) in [6.07, 6.45) is 6.27. The Bertz CT molecular complexity index is 2670. The second-order valence-electron chi connectivity index (χ2n) is 17.4. The Balaban J connectivity index is 0.770. The lowest BCUT2D eigenvalue weighted by molar-refractivity contribution is -0.134. The summed E-state index contributed by atoms with van der Waals surface area (Å²) in [4.78, 5) is 53.7. The maximum atomic E-state index is 16.2. The molecule has 2 aromatic carbocycles. The number of H-pyrrole nitrogens is 1. The second kappa shape index (κ2) is 15.7. The lowest BCUT2D eigenvalue weighted by Crippen LogP contribution is -2.44. The van der Waals surface area contributed by atoms with E-state index in [9.17, 15) is 14.4 Å². The largest absolute Gasteiger partial charge is 0.480 e. The summed E-state index contributed by atoms with van der Waals surface area (Å²) in [5, 5.41) is 14.0. The number of benzene rings is 2. The van der Waals surface area contributed by atoms with Crippen LogP contribution in [0, 0.1) is 23.5 Å². The van der Waals surface area contributed by atoms with E-state index in [0.29, 0.717) is 78.1 Å². The molecule has 4 N–H and O–H groups in total. The first-order chi connectivity index (χ1) is 29.8. The monoisotopic (exact) mass is 876 g/mol. The molecule has 62 heavy (non-hydrogen) atoms. The highest BCUT2D eigenvalue weighted by molar-refractivity contribution is 6.33. The maximum absolute atomic E-state index is 16.2. The van der Waals surface area contributed by atoms with Crippen molar-refractivity contribution in [1.82, 2.24) is 34.9 Å². The zero-order chi connectivity index (χ0) is 43.0. The average molecular weight is 877 g/mol. The number of aromatic nitrogens is 5. The highest BCUT2D eigenvalue weighted by atomic mass is 35.5. The molecule has 4 aliphatic heterocycles. The summed E-state index contributed by atoms with van der Waals surface area (Å²) >= 11 is 6.58. The zero-order valence-corrected chi connectivity index (χ0v) is 34.6. The smallest absolute Gasteiger partial charge is 0.301 e. The Hall–Kier alpha value is -5.49. The van der Waals surface area contributed by atoms with Crippen molar-refractivity contribution in [2.45, 2.75) is 75.2 Å². The van der Waals surface area contributed by atoms with Gasteiger partial charge >= 0.3 is 5.92 Å². The number of pyridine rings is 1. The Morgan fingerprint density at radius 3 is 2.50 bits per heavy atom. The molecule has 0 radical (unpaired) electrons. The maximum Gasteiger partial charge on any atom is 0.301 e. The van der Waals surface area contributed by atoms with Gasteiger partial charge in [0.2, 0.25) is 23.5 Å². The lowest BCUT2D eigenvalue weighted by atomic mass is 9.86. The third-order valence-corrected chi connectivity index (χ3v) is 13.6. The van der Waals surface area contributed by atoms with Gasteiger partial charge in [-0.05, 0) is 100 Å².